The van der Waals surface area contributed by atoms with Crippen molar-refractivity contribution in [3.8, 4) is 0 Å². The van der Waals surface area contributed by atoms with Gasteiger partial charge in [0.2, 0.25) is 0 Å². The van der Waals surface area contributed by atoms with Crippen LogP contribution in [-0.4, -0.2) is 37.7 Å². The van der Waals surface area contributed by atoms with Gasteiger partial charge in [0.25, 0.3) is 5.91 Å². The fourth-order valence-corrected chi connectivity index (χ4v) is 2.03. The quantitative estimate of drug-likeness (QED) is 0.722. The topological polar surface area (TPSA) is 79.5 Å². The smallest absolute Gasteiger partial charge is 0.319 e. The summed E-state index contributed by atoms with van der Waals surface area (Å²) in [6.07, 6.45) is 0.879. The van der Waals surface area contributed by atoms with Gasteiger partial charge in [0, 0.05) is 24.4 Å². The van der Waals surface area contributed by atoms with Gasteiger partial charge in [-0.05, 0) is 51.0 Å². The zero-order valence-corrected chi connectivity index (χ0v) is 14.5. The Labute approximate surface area is 138 Å². The third-order valence-corrected chi connectivity index (χ3v) is 3.52. The average molecular weight is 321 g/mol. The molecule has 1 aromatic rings. The number of rotatable bonds is 7. The van der Waals surface area contributed by atoms with E-state index < -0.39 is 0 Å². The molecule has 1 rings (SSSR count). The van der Waals surface area contributed by atoms with Gasteiger partial charge in [0.15, 0.2) is 0 Å². The van der Waals surface area contributed by atoms with Crippen LogP contribution in [0.5, 0.6) is 0 Å². The summed E-state index contributed by atoms with van der Waals surface area (Å²) < 4.78 is 4.97. The largest absolute Gasteiger partial charge is 0.383 e. The van der Waals surface area contributed by atoms with Crippen LogP contribution in [-0.2, 0) is 4.74 Å². The Morgan fingerprint density at radius 2 is 1.87 bits per heavy atom. The van der Waals surface area contributed by atoms with Gasteiger partial charge >= 0.3 is 6.03 Å². The Morgan fingerprint density at radius 3 is 2.43 bits per heavy atom. The number of amides is 3. The van der Waals surface area contributed by atoms with E-state index in [2.05, 4.69) is 16.0 Å². The van der Waals surface area contributed by atoms with Crippen LogP contribution in [0.2, 0.25) is 0 Å². The second-order valence-electron chi connectivity index (χ2n) is 5.77. The van der Waals surface area contributed by atoms with Gasteiger partial charge in [-0.25, -0.2) is 4.79 Å². The summed E-state index contributed by atoms with van der Waals surface area (Å²) in [5, 5.41) is 8.47. The lowest BCUT2D eigenvalue weighted by atomic mass is 10.1. The van der Waals surface area contributed by atoms with Crippen LogP contribution in [0.25, 0.3) is 0 Å². The highest BCUT2D eigenvalue weighted by Crippen LogP contribution is 2.16. The summed E-state index contributed by atoms with van der Waals surface area (Å²) in [6, 6.07) is 4.97. The molecule has 0 aliphatic heterocycles. The van der Waals surface area contributed by atoms with Crippen molar-refractivity contribution in [1.82, 2.24) is 10.6 Å². The molecule has 128 valence electrons. The van der Waals surface area contributed by atoms with Gasteiger partial charge in [-0.2, -0.15) is 0 Å². The van der Waals surface area contributed by atoms with Gasteiger partial charge in [0.05, 0.1) is 12.6 Å². The van der Waals surface area contributed by atoms with Gasteiger partial charge in [0.1, 0.15) is 0 Å². The van der Waals surface area contributed by atoms with Crippen molar-refractivity contribution in [2.75, 3.05) is 19.0 Å². The van der Waals surface area contributed by atoms with Crippen LogP contribution >= 0.6 is 0 Å². The van der Waals surface area contributed by atoms with E-state index in [1.54, 1.807) is 25.3 Å². The first-order valence-corrected chi connectivity index (χ1v) is 7.85. The highest BCUT2D eigenvalue weighted by atomic mass is 16.5. The number of anilines is 1. The first-order valence-electron chi connectivity index (χ1n) is 7.85. The molecule has 0 saturated heterocycles. The third kappa shape index (κ3) is 6.28. The fraction of sp³-hybridized carbons (Fsp3) is 0.529. The molecule has 3 amide bonds. The molecule has 0 aliphatic rings. The Hall–Kier alpha value is -2.08. The van der Waals surface area contributed by atoms with Crippen LogP contribution in [0.3, 0.4) is 0 Å². The number of benzene rings is 1. The van der Waals surface area contributed by atoms with Crippen LogP contribution in [0.1, 0.15) is 43.1 Å². The molecule has 0 fully saturated rings. The van der Waals surface area contributed by atoms with Gasteiger partial charge in [-0.3, -0.25) is 4.79 Å². The van der Waals surface area contributed by atoms with E-state index in [0.717, 1.165) is 12.0 Å². The molecule has 1 aromatic carbocycles. The van der Waals surface area contributed by atoms with Crippen molar-refractivity contribution in [2.24, 2.45) is 0 Å². The van der Waals surface area contributed by atoms with E-state index in [1.165, 1.54) is 0 Å². The summed E-state index contributed by atoms with van der Waals surface area (Å²) in [6.45, 7) is 8.15. The van der Waals surface area contributed by atoms with Crippen molar-refractivity contribution in [3.05, 3.63) is 29.3 Å². The number of methoxy groups -OCH3 is 1. The lowest BCUT2D eigenvalue weighted by molar-refractivity contribution is 0.0939. The third-order valence-electron chi connectivity index (χ3n) is 3.52. The zero-order chi connectivity index (χ0) is 17.4. The first kappa shape index (κ1) is 19.0. The minimum atomic E-state index is -0.297. The number of carbonyl (C=O) groups is 2. The van der Waals surface area contributed by atoms with Crippen molar-refractivity contribution < 1.29 is 14.3 Å². The highest BCUT2D eigenvalue weighted by Gasteiger charge is 2.12. The number of hydrogen-bond donors (Lipinski definition) is 3. The van der Waals surface area contributed by atoms with Crippen LogP contribution in [0, 0.1) is 6.92 Å². The monoisotopic (exact) mass is 321 g/mol. The molecule has 2 atom stereocenters. The average Bonchev–Trinajstić information content (AvgIpc) is 2.49. The Balaban J connectivity index is 2.69. The van der Waals surface area contributed by atoms with Crippen molar-refractivity contribution in [3.63, 3.8) is 0 Å². The van der Waals surface area contributed by atoms with Gasteiger partial charge < -0.3 is 20.7 Å². The molecule has 3 N–H and O–H groups in total. The maximum absolute atomic E-state index is 12.1. The molecule has 0 spiro atoms. The number of urea groups is 1. The molecule has 0 radical (unpaired) electrons. The molecule has 0 heterocycles. The number of nitrogens with one attached hydrogen (secondary N) is 3. The first-order chi connectivity index (χ1) is 10.9. The zero-order valence-electron chi connectivity index (χ0n) is 14.5. The molecule has 0 aliphatic carbocycles. The minimum Gasteiger partial charge on any atom is -0.383 e. The van der Waals surface area contributed by atoms with Crippen molar-refractivity contribution >= 4 is 17.6 Å². The lowest BCUT2D eigenvalue weighted by Gasteiger charge is -2.16. The lowest BCUT2D eigenvalue weighted by Crippen LogP contribution is -2.38. The minimum absolute atomic E-state index is 0.0825. The Morgan fingerprint density at radius 1 is 1.17 bits per heavy atom. The molecule has 0 saturated carbocycles. The maximum Gasteiger partial charge on any atom is 0.319 e. The number of aryl methyl sites for hydroxylation is 1. The van der Waals surface area contributed by atoms with E-state index in [-0.39, 0.29) is 24.0 Å². The van der Waals surface area contributed by atoms with Crippen LogP contribution < -0.4 is 16.0 Å². The molecular formula is C17H27N3O3. The van der Waals surface area contributed by atoms with Gasteiger partial charge in [-0.1, -0.05) is 6.92 Å². The molecule has 0 aromatic heterocycles. The summed E-state index contributed by atoms with van der Waals surface area (Å²) in [7, 11) is 1.59. The molecule has 6 heteroatoms. The van der Waals surface area contributed by atoms with Crippen molar-refractivity contribution in [2.45, 2.75) is 46.2 Å². The molecule has 23 heavy (non-hydrogen) atoms. The van der Waals surface area contributed by atoms with E-state index in [9.17, 15) is 9.59 Å². The normalized spacial score (nSPS) is 13.1. The standard InChI is InChI=1S/C17H27N3O3/c1-6-12(3)18-16(21)14-7-8-15(11(2)9-14)20-17(22)19-13(4)10-23-5/h7-9,12-13H,6,10H2,1-5H3,(H,18,21)(H2,19,20,22). The fourth-order valence-electron chi connectivity index (χ4n) is 2.03. The van der Waals surface area contributed by atoms with E-state index in [4.69, 9.17) is 4.74 Å². The summed E-state index contributed by atoms with van der Waals surface area (Å²) in [5.74, 6) is -0.104. The molecule has 6 nitrogen and oxygen atoms in total. The second kappa shape index (κ2) is 9.15. The predicted molar refractivity (Wildman–Crippen MR) is 91.9 cm³/mol. The van der Waals surface area contributed by atoms with Crippen LogP contribution in [0.15, 0.2) is 18.2 Å². The highest BCUT2D eigenvalue weighted by molar-refractivity contribution is 5.96. The van der Waals surface area contributed by atoms with E-state index in [0.29, 0.717) is 17.9 Å². The molecule has 2 unspecified atom stereocenters. The molecule has 0 bridgehead atoms. The van der Waals surface area contributed by atoms with Crippen molar-refractivity contribution in [1.29, 1.82) is 0 Å². The Kier molecular flexibility index (Phi) is 7.54. The molecular weight excluding hydrogens is 294 g/mol. The summed E-state index contributed by atoms with van der Waals surface area (Å²) in [5.41, 5.74) is 2.09. The van der Waals surface area contributed by atoms with Gasteiger partial charge in [-0.15, -0.1) is 0 Å². The Bertz CT molecular complexity index is 546. The van der Waals surface area contributed by atoms with E-state index in [1.807, 2.05) is 27.7 Å². The second-order valence-corrected chi connectivity index (χ2v) is 5.77. The summed E-state index contributed by atoms with van der Waals surface area (Å²) in [4.78, 5) is 24.0. The number of ether oxygens (including phenoxy) is 1. The summed E-state index contributed by atoms with van der Waals surface area (Å²) >= 11 is 0. The predicted octanol–water partition coefficient (Wildman–Crippen LogP) is 2.68. The van der Waals surface area contributed by atoms with Crippen LogP contribution in [0.4, 0.5) is 10.5 Å². The number of hydrogen-bond acceptors (Lipinski definition) is 3. The van der Waals surface area contributed by atoms with E-state index >= 15 is 0 Å². The SMILES string of the molecule is CCC(C)NC(=O)c1ccc(NC(=O)NC(C)COC)c(C)c1. The number of carbonyl (C=O) groups excluding carboxylic acids is 2. The maximum atomic E-state index is 12.1.